The van der Waals surface area contributed by atoms with E-state index in [1.54, 1.807) is 36.4 Å². The Labute approximate surface area is 185 Å². The number of hydrazine groups is 1. The van der Waals surface area contributed by atoms with Gasteiger partial charge in [0.2, 0.25) is 5.91 Å². The zero-order chi connectivity index (χ0) is 22.4. The van der Waals surface area contributed by atoms with Gasteiger partial charge >= 0.3 is 0 Å². The molecule has 0 saturated carbocycles. The molecule has 1 saturated heterocycles. The van der Waals surface area contributed by atoms with Gasteiger partial charge in [0.05, 0.1) is 19.2 Å². The number of carbonyl (C=O) groups excluding carboxylic acids is 3. The van der Waals surface area contributed by atoms with Crippen LogP contribution in [0.25, 0.3) is 0 Å². The number of carbonyl (C=O) groups is 3. The van der Waals surface area contributed by atoms with Crippen LogP contribution in [0.1, 0.15) is 33.6 Å². The Bertz CT molecular complexity index is 967. The monoisotopic (exact) mass is 445 g/mol. The third-order valence-electron chi connectivity index (χ3n) is 4.92. The van der Waals surface area contributed by atoms with E-state index in [0.717, 1.165) is 0 Å². The Balaban J connectivity index is 1.68. The molecule has 0 bridgehead atoms. The van der Waals surface area contributed by atoms with E-state index in [1.165, 1.54) is 24.2 Å². The second-order valence-electron chi connectivity index (χ2n) is 6.83. The minimum Gasteiger partial charge on any atom is -0.496 e. The number of halogens is 1. The molecule has 31 heavy (non-hydrogen) atoms. The fourth-order valence-corrected chi connectivity index (χ4v) is 3.66. The minimum atomic E-state index is -0.435. The average Bonchev–Trinajstić information content (AvgIpc) is 3.29. The fraction of sp³-hybridized carbons (Fsp3) is 0.318. The molecule has 0 atom stereocenters. The van der Waals surface area contributed by atoms with E-state index in [0.29, 0.717) is 30.8 Å². The molecule has 164 valence electrons. The first kappa shape index (κ1) is 22.4. The van der Waals surface area contributed by atoms with Crippen LogP contribution < -0.4 is 14.8 Å². The van der Waals surface area contributed by atoms with Crippen molar-refractivity contribution in [2.45, 2.75) is 12.8 Å². The highest BCUT2D eigenvalue weighted by Crippen LogP contribution is 2.37. The lowest BCUT2D eigenvalue weighted by atomic mass is 10.1. The third kappa shape index (κ3) is 4.91. The van der Waals surface area contributed by atoms with E-state index < -0.39 is 5.91 Å². The van der Waals surface area contributed by atoms with Gasteiger partial charge in [-0.3, -0.25) is 19.4 Å². The van der Waals surface area contributed by atoms with E-state index in [9.17, 15) is 14.4 Å². The summed E-state index contributed by atoms with van der Waals surface area (Å²) in [5.74, 6) is -0.452. The number of hydrogen-bond donors (Lipinski definition) is 1. The molecule has 1 N–H and O–H groups in total. The van der Waals surface area contributed by atoms with Crippen LogP contribution in [0.2, 0.25) is 5.02 Å². The van der Waals surface area contributed by atoms with Crippen LogP contribution in [-0.4, -0.2) is 61.6 Å². The maximum atomic E-state index is 13.3. The summed E-state index contributed by atoms with van der Waals surface area (Å²) in [5, 5.41) is 5.77. The van der Waals surface area contributed by atoms with Gasteiger partial charge in [-0.15, -0.1) is 0 Å². The van der Waals surface area contributed by atoms with E-state index >= 15 is 0 Å². The van der Waals surface area contributed by atoms with Crippen molar-refractivity contribution in [3.8, 4) is 11.5 Å². The lowest BCUT2D eigenvalue weighted by molar-refractivity contribution is -0.140. The second kappa shape index (κ2) is 10.2. The number of rotatable bonds is 7. The van der Waals surface area contributed by atoms with Gasteiger partial charge in [0.1, 0.15) is 11.3 Å². The van der Waals surface area contributed by atoms with Gasteiger partial charge in [-0.2, -0.15) is 0 Å². The average molecular weight is 446 g/mol. The van der Waals surface area contributed by atoms with Crippen molar-refractivity contribution in [3.05, 3.63) is 58.6 Å². The van der Waals surface area contributed by atoms with Crippen molar-refractivity contribution >= 4 is 29.3 Å². The molecule has 1 aliphatic rings. The summed E-state index contributed by atoms with van der Waals surface area (Å²) < 4.78 is 10.6. The third-order valence-corrected chi connectivity index (χ3v) is 5.22. The zero-order valence-electron chi connectivity index (χ0n) is 17.4. The van der Waals surface area contributed by atoms with Gasteiger partial charge in [-0.1, -0.05) is 29.8 Å². The summed E-state index contributed by atoms with van der Waals surface area (Å²) in [5.41, 5.74) is 0.683. The van der Waals surface area contributed by atoms with Crippen molar-refractivity contribution < 1.29 is 23.9 Å². The lowest BCUT2D eigenvalue weighted by Gasteiger charge is -2.29. The Kier molecular flexibility index (Phi) is 7.36. The molecule has 0 spiro atoms. The van der Waals surface area contributed by atoms with Crippen LogP contribution in [0.15, 0.2) is 42.5 Å². The number of nitrogens with zero attached hydrogens (tertiary/aromatic N) is 2. The molecule has 9 heteroatoms. The summed E-state index contributed by atoms with van der Waals surface area (Å²) in [6.07, 6.45) is 0.700. The number of methoxy groups -OCH3 is 2. The van der Waals surface area contributed by atoms with Gasteiger partial charge < -0.3 is 14.8 Å². The maximum absolute atomic E-state index is 13.3. The molecule has 8 nitrogen and oxygen atoms in total. The van der Waals surface area contributed by atoms with Crippen molar-refractivity contribution in [1.29, 1.82) is 0 Å². The number of hydrogen-bond acceptors (Lipinski definition) is 5. The standard InChI is InChI=1S/C22H24ClN3O5/c1-30-17-10-9-16(23)20(31-2)19(17)22(29)26-14-6-13-25(26)18(27)11-12-24-21(28)15-7-4-3-5-8-15/h3-5,7-10H,6,11-14H2,1-2H3,(H,24,28). The first-order valence-corrected chi connectivity index (χ1v) is 10.2. The summed E-state index contributed by atoms with van der Waals surface area (Å²) in [6, 6.07) is 11.9. The summed E-state index contributed by atoms with van der Waals surface area (Å²) >= 11 is 6.18. The number of ether oxygens (including phenoxy) is 2. The Morgan fingerprint density at radius 1 is 1.00 bits per heavy atom. The molecule has 1 heterocycles. The molecule has 2 aromatic rings. The first-order valence-electron chi connectivity index (χ1n) is 9.83. The molecule has 0 aliphatic carbocycles. The normalized spacial score (nSPS) is 13.1. The van der Waals surface area contributed by atoms with Crippen LogP contribution in [0.4, 0.5) is 0 Å². The Hall–Kier alpha value is -3.26. The smallest absolute Gasteiger partial charge is 0.280 e. The molecular formula is C22H24ClN3O5. The molecular weight excluding hydrogens is 422 g/mol. The summed E-state index contributed by atoms with van der Waals surface area (Å²) in [4.78, 5) is 38.2. The highest BCUT2D eigenvalue weighted by Gasteiger charge is 2.34. The summed E-state index contributed by atoms with van der Waals surface area (Å²) in [6.45, 7) is 0.942. The molecule has 0 radical (unpaired) electrons. The highest BCUT2D eigenvalue weighted by atomic mass is 35.5. The van der Waals surface area contributed by atoms with Crippen molar-refractivity contribution in [2.24, 2.45) is 0 Å². The molecule has 0 aromatic heterocycles. The quantitative estimate of drug-likeness (QED) is 0.708. The SMILES string of the molecule is COc1ccc(Cl)c(OC)c1C(=O)N1CCCN1C(=O)CCNC(=O)c1ccccc1. The van der Waals surface area contributed by atoms with Gasteiger partial charge in [0.15, 0.2) is 5.75 Å². The van der Waals surface area contributed by atoms with Crippen LogP contribution in [0.3, 0.4) is 0 Å². The zero-order valence-corrected chi connectivity index (χ0v) is 18.1. The lowest BCUT2D eigenvalue weighted by Crippen LogP contribution is -2.45. The van der Waals surface area contributed by atoms with Gasteiger partial charge in [-0.25, -0.2) is 5.01 Å². The van der Waals surface area contributed by atoms with Crippen LogP contribution >= 0.6 is 11.6 Å². The van der Waals surface area contributed by atoms with Gasteiger partial charge in [-0.05, 0) is 30.7 Å². The van der Waals surface area contributed by atoms with Crippen molar-refractivity contribution in [3.63, 3.8) is 0 Å². The Morgan fingerprint density at radius 3 is 2.39 bits per heavy atom. The topological polar surface area (TPSA) is 88.2 Å². The van der Waals surface area contributed by atoms with Crippen LogP contribution in [0, 0.1) is 0 Å². The van der Waals surface area contributed by atoms with E-state index in [2.05, 4.69) is 5.32 Å². The predicted octanol–water partition coefficient (Wildman–Crippen LogP) is 2.77. The second-order valence-corrected chi connectivity index (χ2v) is 7.24. The van der Waals surface area contributed by atoms with E-state index in [4.69, 9.17) is 21.1 Å². The number of amides is 3. The fourth-order valence-electron chi connectivity index (χ4n) is 3.43. The van der Waals surface area contributed by atoms with Gasteiger partial charge in [0.25, 0.3) is 11.8 Å². The molecule has 2 aromatic carbocycles. The largest absolute Gasteiger partial charge is 0.496 e. The molecule has 3 amide bonds. The summed E-state index contributed by atoms with van der Waals surface area (Å²) in [7, 11) is 2.86. The van der Waals surface area contributed by atoms with E-state index in [1.807, 2.05) is 6.07 Å². The molecule has 3 rings (SSSR count). The van der Waals surface area contributed by atoms with Crippen molar-refractivity contribution in [2.75, 3.05) is 33.9 Å². The molecule has 1 aliphatic heterocycles. The predicted molar refractivity (Wildman–Crippen MR) is 115 cm³/mol. The van der Waals surface area contributed by atoms with Crippen LogP contribution in [0.5, 0.6) is 11.5 Å². The van der Waals surface area contributed by atoms with Gasteiger partial charge in [0, 0.05) is 31.6 Å². The molecule has 0 unspecified atom stereocenters. The van der Waals surface area contributed by atoms with E-state index in [-0.39, 0.29) is 41.1 Å². The number of benzene rings is 2. The Morgan fingerprint density at radius 2 is 1.71 bits per heavy atom. The first-order chi connectivity index (χ1) is 15.0. The van der Waals surface area contributed by atoms with Crippen LogP contribution in [-0.2, 0) is 4.79 Å². The minimum absolute atomic E-state index is 0.0617. The number of nitrogens with one attached hydrogen (secondary N) is 1. The highest BCUT2D eigenvalue weighted by molar-refractivity contribution is 6.32. The molecule has 1 fully saturated rings. The maximum Gasteiger partial charge on any atom is 0.280 e. The van der Waals surface area contributed by atoms with Crippen molar-refractivity contribution in [1.82, 2.24) is 15.3 Å².